The molecule has 17 heavy (non-hydrogen) atoms. The van der Waals surface area contributed by atoms with Gasteiger partial charge < -0.3 is 20.5 Å². The van der Waals surface area contributed by atoms with Gasteiger partial charge in [0, 0.05) is 6.54 Å². The Morgan fingerprint density at radius 3 is 2.59 bits per heavy atom. The number of alkyl carbamates (subject to hydrolysis) is 1. The number of nitrogens with one attached hydrogen (secondary N) is 2. The van der Waals surface area contributed by atoms with E-state index in [1.807, 2.05) is 6.92 Å². The third-order valence-electron chi connectivity index (χ3n) is 2.27. The van der Waals surface area contributed by atoms with Gasteiger partial charge in [0.1, 0.15) is 6.04 Å². The Balaban J connectivity index is 3.45. The number of carboxylic acid groups (broad SMARTS) is 1. The summed E-state index contributed by atoms with van der Waals surface area (Å²) in [6.45, 7) is 2.86. The number of aliphatic carboxylic acids is 1. The van der Waals surface area contributed by atoms with Crippen LogP contribution in [0.1, 0.15) is 32.6 Å². The smallest absolute Gasteiger partial charge is 0.407 e. The molecule has 0 aromatic rings. The first-order valence-electron chi connectivity index (χ1n) is 5.92. The molecule has 0 aliphatic carbocycles. The second-order valence-corrected chi connectivity index (χ2v) is 3.74. The van der Waals surface area contributed by atoms with E-state index in [9.17, 15) is 9.59 Å². The maximum absolute atomic E-state index is 11.0. The van der Waals surface area contributed by atoms with Gasteiger partial charge in [-0.3, -0.25) is 4.79 Å². The number of rotatable bonds is 9. The molecule has 1 unspecified atom stereocenters. The van der Waals surface area contributed by atoms with Crippen molar-refractivity contribution in [2.24, 2.45) is 0 Å². The first kappa shape index (κ1) is 15.7. The summed E-state index contributed by atoms with van der Waals surface area (Å²) in [4.78, 5) is 21.7. The number of hydrogen-bond acceptors (Lipinski definition) is 4. The quantitative estimate of drug-likeness (QED) is 0.527. The lowest BCUT2D eigenvalue weighted by atomic mass is 10.1. The van der Waals surface area contributed by atoms with E-state index >= 15 is 0 Å². The molecular formula is C11H22N2O4. The first-order valence-corrected chi connectivity index (χ1v) is 5.92. The summed E-state index contributed by atoms with van der Waals surface area (Å²) in [7, 11) is 1.62. The fourth-order valence-corrected chi connectivity index (χ4v) is 1.30. The molecule has 0 saturated carbocycles. The summed E-state index contributed by atoms with van der Waals surface area (Å²) in [5, 5.41) is 14.1. The first-order chi connectivity index (χ1) is 8.11. The summed E-state index contributed by atoms with van der Waals surface area (Å²) >= 11 is 0. The minimum absolute atomic E-state index is 0.407. The number of carbonyl (C=O) groups excluding carboxylic acids is 1. The molecule has 6 nitrogen and oxygen atoms in total. The fourth-order valence-electron chi connectivity index (χ4n) is 1.30. The van der Waals surface area contributed by atoms with E-state index in [2.05, 4.69) is 10.6 Å². The van der Waals surface area contributed by atoms with Crippen molar-refractivity contribution in [1.82, 2.24) is 10.6 Å². The van der Waals surface area contributed by atoms with Gasteiger partial charge in [-0.1, -0.05) is 6.92 Å². The van der Waals surface area contributed by atoms with Crippen LogP contribution in [0.3, 0.4) is 0 Å². The molecule has 0 aromatic heterocycles. The minimum atomic E-state index is -0.845. The van der Waals surface area contributed by atoms with Gasteiger partial charge >= 0.3 is 12.1 Å². The summed E-state index contributed by atoms with van der Waals surface area (Å²) in [5.74, 6) is -0.845. The molecule has 0 aliphatic rings. The van der Waals surface area contributed by atoms with Crippen molar-refractivity contribution in [2.75, 3.05) is 20.2 Å². The third kappa shape index (κ3) is 8.50. The Labute approximate surface area is 102 Å². The monoisotopic (exact) mass is 246 g/mol. The SMILES string of the molecule is CCCOC(=O)NCCCCC(NC)C(=O)O. The van der Waals surface area contributed by atoms with E-state index in [-0.39, 0.29) is 0 Å². The molecule has 0 spiro atoms. The Bertz CT molecular complexity index is 234. The van der Waals surface area contributed by atoms with E-state index in [4.69, 9.17) is 9.84 Å². The van der Waals surface area contributed by atoms with Gasteiger partial charge in [-0.15, -0.1) is 0 Å². The maximum atomic E-state index is 11.0. The predicted octanol–water partition coefficient (Wildman–Crippen LogP) is 0.965. The number of unbranched alkanes of at least 4 members (excludes halogenated alkanes) is 1. The number of ether oxygens (including phenoxy) is 1. The lowest BCUT2D eigenvalue weighted by Gasteiger charge is -2.10. The molecular weight excluding hydrogens is 224 g/mol. The average Bonchev–Trinajstić information content (AvgIpc) is 2.30. The van der Waals surface area contributed by atoms with E-state index in [0.29, 0.717) is 19.6 Å². The van der Waals surface area contributed by atoms with Crippen molar-refractivity contribution in [3.63, 3.8) is 0 Å². The molecule has 1 amide bonds. The highest BCUT2D eigenvalue weighted by atomic mass is 16.5. The van der Waals surface area contributed by atoms with Crippen LogP contribution < -0.4 is 10.6 Å². The Morgan fingerprint density at radius 2 is 2.06 bits per heavy atom. The second kappa shape index (κ2) is 9.89. The molecule has 0 aliphatic heterocycles. The highest BCUT2D eigenvalue weighted by Crippen LogP contribution is 2.00. The number of likely N-dealkylation sites (N-methyl/N-ethyl adjacent to an activating group) is 1. The number of hydrogen-bond donors (Lipinski definition) is 3. The summed E-state index contributed by atoms with van der Waals surface area (Å²) in [5.41, 5.74) is 0. The zero-order valence-electron chi connectivity index (χ0n) is 10.5. The largest absolute Gasteiger partial charge is 0.480 e. The van der Waals surface area contributed by atoms with Crippen molar-refractivity contribution in [1.29, 1.82) is 0 Å². The highest BCUT2D eigenvalue weighted by molar-refractivity contribution is 5.73. The third-order valence-corrected chi connectivity index (χ3v) is 2.27. The molecule has 0 radical (unpaired) electrons. The number of amides is 1. The van der Waals surface area contributed by atoms with Crippen LogP contribution in [-0.2, 0) is 9.53 Å². The maximum Gasteiger partial charge on any atom is 0.407 e. The van der Waals surface area contributed by atoms with Crippen LogP contribution in [0.25, 0.3) is 0 Å². The topological polar surface area (TPSA) is 87.7 Å². The predicted molar refractivity (Wildman–Crippen MR) is 64.0 cm³/mol. The van der Waals surface area contributed by atoms with Crippen molar-refractivity contribution in [3.8, 4) is 0 Å². The van der Waals surface area contributed by atoms with Crippen LogP contribution in [0.2, 0.25) is 0 Å². The van der Waals surface area contributed by atoms with Gasteiger partial charge in [-0.05, 0) is 32.7 Å². The molecule has 100 valence electrons. The molecule has 0 saturated heterocycles. The fraction of sp³-hybridized carbons (Fsp3) is 0.818. The minimum Gasteiger partial charge on any atom is -0.480 e. The molecule has 0 rings (SSSR count). The summed E-state index contributed by atoms with van der Waals surface area (Å²) in [6, 6.07) is -0.512. The summed E-state index contributed by atoms with van der Waals surface area (Å²) < 4.78 is 4.82. The van der Waals surface area contributed by atoms with E-state index in [1.54, 1.807) is 7.05 Å². The van der Waals surface area contributed by atoms with Crippen LogP contribution in [0, 0.1) is 0 Å². The molecule has 0 bridgehead atoms. The van der Waals surface area contributed by atoms with Crippen LogP contribution in [0.4, 0.5) is 4.79 Å². The average molecular weight is 246 g/mol. The van der Waals surface area contributed by atoms with Gasteiger partial charge in [0.05, 0.1) is 6.61 Å². The van der Waals surface area contributed by atoms with Crippen molar-refractivity contribution < 1.29 is 19.4 Å². The van der Waals surface area contributed by atoms with Crippen LogP contribution >= 0.6 is 0 Å². The number of carboxylic acids is 1. The number of carbonyl (C=O) groups is 2. The zero-order chi connectivity index (χ0) is 13.1. The molecule has 6 heteroatoms. The molecule has 0 heterocycles. The highest BCUT2D eigenvalue weighted by Gasteiger charge is 2.13. The lowest BCUT2D eigenvalue weighted by Crippen LogP contribution is -2.34. The Morgan fingerprint density at radius 1 is 1.35 bits per heavy atom. The normalized spacial score (nSPS) is 11.9. The second-order valence-electron chi connectivity index (χ2n) is 3.74. The lowest BCUT2D eigenvalue weighted by molar-refractivity contribution is -0.139. The zero-order valence-corrected chi connectivity index (χ0v) is 10.5. The van der Waals surface area contributed by atoms with E-state index in [1.165, 1.54) is 0 Å². The van der Waals surface area contributed by atoms with E-state index in [0.717, 1.165) is 19.3 Å². The molecule has 1 atom stereocenters. The molecule has 3 N–H and O–H groups in total. The van der Waals surface area contributed by atoms with Gasteiger partial charge in [-0.2, -0.15) is 0 Å². The molecule has 0 fully saturated rings. The van der Waals surface area contributed by atoms with Crippen LogP contribution in [-0.4, -0.2) is 43.4 Å². The Kier molecular flexibility index (Phi) is 9.14. The van der Waals surface area contributed by atoms with Crippen molar-refractivity contribution in [2.45, 2.75) is 38.6 Å². The van der Waals surface area contributed by atoms with Gasteiger partial charge in [0.2, 0.25) is 0 Å². The molecule has 0 aromatic carbocycles. The Hall–Kier alpha value is -1.30. The van der Waals surface area contributed by atoms with Gasteiger partial charge in [0.15, 0.2) is 0 Å². The van der Waals surface area contributed by atoms with Crippen molar-refractivity contribution in [3.05, 3.63) is 0 Å². The van der Waals surface area contributed by atoms with Crippen molar-refractivity contribution >= 4 is 12.1 Å². The summed E-state index contributed by atoms with van der Waals surface area (Å²) in [6.07, 6.45) is 2.43. The van der Waals surface area contributed by atoms with Crippen LogP contribution in [0.15, 0.2) is 0 Å². The van der Waals surface area contributed by atoms with Gasteiger partial charge in [-0.25, -0.2) is 4.79 Å². The standard InChI is InChI=1S/C11H22N2O4/c1-3-8-17-11(16)13-7-5-4-6-9(12-2)10(14)15/h9,12H,3-8H2,1-2H3,(H,13,16)(H,14,15). The van der Waals surface area contributed by atoms with Gasteiger partial charge in [0.25, 0.3) is 0 Å². The van der Waals surface area contributed by atoms with Crippen LogP contribution in [0.5, 0.6) is 0 Å². The van der Waals surface area contributed by atoms with E-state index < -0.39 is 18.1 Å².